The van der Waals surface area contributed by atoms with Crippen LogP contribution in [0.15, 0.2) is 35.4 Å². The number of para-hydroxylation sites is 1. The van der Waals surface area contributed by atoms with E-state index < -0.39 is 17.5 Å². The predicted molar refractivity (Wildman–Crippen MR) is 105 cm³/mol. The van der Waals surface area contributed by atoms with Crippen LogP contribution >= 0.6 is 0 Å². The SMILES string of the molecule is COC(=O)C1C(=O)c2ccccc2OC1(C)CCC1=C(C)CCCC1(C)C. The van der Waals surface area contributed by atoms with Gasteiger partial charge in [0.1, 0.15) is 11.4 Å². The minimum atomic E-state index is -0.940. The molecule has 2 unspecified atom stereocenters. The predicted octanol–water partition coefficient (Wildman–Crippen LogP) is 5.12. The second kappa shape index (κ2) is 7.14. The molecule has 0 saturated carbocycles. The maximum atomic E-state index is 13.1. The van der Waals surface area contributed by atoms with Crippen LogP contribution in [0.3, 0.4) is 0 Å². The first-order valence-electron chi connectivity index (χ1n) is 9.79. The maximum absolute atomic E-state index is 13.1. The van der Waals surface area contributed by atoms with Crippen LogP contribution in [0.2, 0.25) is 0 Å². The second-order valence-corrected chi connectivity index (χ2v) is 8.73. The van der Waals surface area contributed by atoms with Crippen molar-refractivity contribution in [2.24, 2.45) is 11.3 Å². The Kier molecular flexibility index (Phi) is 5.20. The van der Waals surface area contributed by atoms with Crippen LogP contribution in [-0.4, -0.2) is 24.5 Å². The molecular formula is C23H30O4. The highest BCUT2D eigenvalue weighted by Crippen LogP contribution is 2.46. The van der Waals surface area contributed by atoms with Crippen molar-refractivity contribution in [3.8, 4) is 5.75 Å². The Morgan fingerprint density at radius 1 is 1.26 bits per heavy atom. The standard InChI is InChI=1S/C23H30O4/c1-15-9-8-13-22(2,3)17(15)12-14-23(4)19(21(25)26-5)20(24)16-10-6-7-11-18(16)27-23/h6-7,10-11,19H,8-9,12-14H2,1-5H3. The van der Waals surface area contributed by atoms with E-state index in [-0.39, 0.29) is 11.2 Å². The average Bonchev–Trinajstić information content (AvgIpc) is 2.60. The third-order valence-electron chi connectivity index (χ3n) is 6.36. The van der Waals surface area contributed by atoms with Crippen molar-refractivity contribution in [3.63, 3.8) is 0 Å². The van der Waals surface area contributed by atoms with Gasteiger partial charge < -0.3 is 9.47 Å². The van der Waals surface area contributed by atoms with E-state index in [1.807, 2.05) is 13.0 Å². The number of allylic oxidation sites excluding steroid dienone is 2. The molecule has 1 aromatic carbocycles. The highest BCUT2D eigenvalue weighted by molar-refractivity contribution is 6.12. The zero-order valence-electron chi connectivity index (χ0n) is 17.1. The number of Topliss-reactive ketones (excluding diaryl/α,β-unsaturated/α-hetero) is 1. The van der Waals surface area contributed by atoms with Gasteiger partial charge in [-0.25, -0.2) is 0 Å². The monoisotopic (exact) mass is 370 g/mol. The van der Waals surface area contributed by atoms with Crippen molar-refractivity contribution in [2.75, 3.05) is 7.11 Å². The van der Waals surface area contributed by atoms with Gasteiger partial charge in [0.2, 0.25) is 0 Å². The number of benzene rings is 1. The van der Waals surface area contributed by atoms with Crippen LogP contribution in [-0.2, 0) is 9.53 Å². The number of ketones is 1. The summed E-state index contributed by atoms with van der Waals surface area (Å²) in [7, 11) is 1.33. The first-order chi connectivity index (χ1) is 12.7. The molecule has 2 aliphatic rings. The third kappa shape index (κ3) is 3.54. The number of esters is 1. The Labute approximate surface area is 161 Å². The number of hydrogen-bond acceptors (Lipinski definition) is 4. The summed E-state index contributed by atoms with van der Waals surface area (Å²) in [6, 6.07) is 7.15. The van der Waals surface area contributed by atoms with Crippen LogP contribution in [0.5, 0.6) is 5.75 Å². The smallest absolute Gasteiger partial charge is 0.320 e. The molecule has 2 atom stereocenters. The Hall–Kier alpha value is -2.10. The molecule has 0 N–H and O–H groups in total. The van der Waals surface area contributed by atoms with E-state index >= 15 is 0 Å². The summed E-state index contributed by atoms with van der Waals surface area (Å²) in [6.45, 7) is 8.65. The van der Waals surface area contributed by atoms with E-state index in [0.717, 1.165) is 12.8 Å². The molecule has 4 heteroatoms. The first-order valence-corrected chi connectivity index (χ1v) is 9.79. The number of carbonyl (C=O) groups is 2. The lowest BCUT2D eigenvalue weighted by atomic mass is 9.69. The van der Waals surface area contributed by atoms with Gasteiger partial charge in [0.25, 0.3) is 0 Å². The molecule has 1 aliphatic carbocycles. The number of methoxy groups -OCH3 is 1. The van der Waals surface area contributed by atoms with Crippen LogP contribution < -0.4 is 4.74 Å². The highest BCUT2D eigenvalue weighted by atomic mass is 16.5. The second-order valence-electron chi connectivity index (χ2n) is 8.73. The Morgan fingerprint density at radius 2 is 1.96 bits per heavy atom. The number of hydrogen-bond donors (Lipinski definition) is 0. The average molecular weight is 370 g/mol. The minimum Gasteiger partial charge on any atom is -0.485 e. The van der Waals surface area contributed by atoms with Gasteiger partial charge in [0.15, 0.2) is 11.7 Å². The normalized spacial score (nSPS) is 27.0. The lowest BCUT2D eigenvalue weighted by Crippen LogP contribution is -2.52. The summed E-state index contributed by atoms with van der Waals surface area (Å²) < 4.78 is 11.2. The third-order valence-corrected chi connectivity index (χ3v) is 6.36. The zero-order chi connectivity index (χ0) is 19.8. The molecule has 0 amide bonds. The molecule has 0 spiro atoms. The van der Waals surface area contributed by atoms with Gasteiger partial charge in [-0.1, -0.05) is 37.1 Å². The molecule has 1 heterocycles. The number of carbonyl (C=O) groups excluding carboxylic acids is 2. The Bertz CT molecular complexity index is 789. The summed E-state index contributed by atoms with van der Waals surface area (Å²) in [4.78, 5) is 25.6. The number of fused-ring (bicyclic) bond motifs is 1. The summed E-state index contributed by atoms with van der Waals surface area (Å²) in [6.07, 6.45) is 4.92. The molecule has 4 nitrogen and oxygen atoms in total. The van der Waals surface area contributed by atoms with Crippen molar-refractivity contribution >= 4 is 11.8 Å². The zero-order valence-corrected chi connectivity index (χ0v) is 17.1. The molecule has 27 heavy (non-hydrogen) atoms. The topological polar surface area (TPSA) is 52.6 Å². The molecule has 0 fully saturated rings. The maximum Gasteiger partial charge on any atom is 0.320 e. The van der Waals surface area contributed by atoms with E-state index in [4.69, 9.17) is 9.47 Å². The van der Waals surface area contributed by atoms with Gasteiger partial charge in [-0.15, -0.1) is 0 Å². The fraction of sp³-hybridized carbons (Fsp3) is 0.565. The summed E-state index contributed by atoms with van der Waals surface area (Å²) in [5.74, 6) is -1.12. The summed E-state index contributed by atoms with van der Waals surface area (Å²) in [5, 5.41) is 0. The van der Waals surface area contributed by atoms with Crippen molar-refractivity contribution in [1.82, 2.24) is 0 Å². The van der Waals surface area contributed by atoms with Gasteiger partial charge in [-0.05, 0) is 63.5 Å². The van der Waals surface area contributed by atoms with E-state index in [2.05, 4.69) is 20.8 Å². The van der Waals surface area contributed by atoms with Crippen LogP contribution in [0, 0.1) is 11.3 Å². The lowest BCUT2D eigenvalue weighted by Gasteiger charge is -2.42. The van der Waals surface area contributed by atoms with Gasteiger partial charge in [-0.2, -0.15) is 0 Å². The van der Waals surface area contributed by atoms with Crippen molar-refractivity contribution in [2.45, 2.75) is 65.4 Å². The van der Waals surface area contributed by atoms with Crippen LogP contribution in [0.25, 0.3) is 0 Å². The van der Waals surface area contributed by atoms with Gasteiger partial charge in [0, 0.05) is 0 Å². The molecular weight excluding hydrogens is 340 g/mol. The fourth-order valence-corrected chi connectivity index (χ4v) is 4.77. The van der Waals surface area contributed by atoms with Crippen molar-refractivity contribution in [3.05, 3.63) is 41.0 Å². The Morgan fingerprint density at radius 3 is 2.63 bits per heavy atom. The van der Waals surface area contributed by atoms with Crippen molar-refractivity contribution in [1.29, 1.82) is 0 Å². The van der Waals surface area contributed by atoms with Crippen LogP contribution in [0.1, 0.15) is 70.2 Å². The minimum absolute atomic E-state index is 0.149. The molecule has 3 rings (SSSR count). The van der Waals surface area contributed by atoms with Gasteiger partial charge >= 0.3 is 5.97 Å². The summed E-state index contributed by atoms with van der Waals surface area (Å²) >= 11 is 0. The van der Waals surface area contributed by atoms with E-state index in [9.17, 15) is 9.59 Å². The molecule has 1 aromatic rings. The lowest BCUT2D eigenvalue weighted by molar-refractivity contribution is -0.150. The van der Waals surface area contributed by atoms with Gasteiger partial charge in [-0.3, -0.25) is 9.59 Å². The van der Waals surface area contributed by atoms with Crippen LogP contribution in [0.4, 0.5) is 0 Å². The molecule has 1 aliphatic heterocycles. The fourth-order valence-electron chi connectivity index (χ4n) is 4.77. The summed E-state index contributed by atoms with van der Waals surface area (Å²) in [5.41, 5.74) is 2.56. The first kappa shape index (κ1) is 19.7. The van der Waals surface area contributed by atoms with Gasteiger partial charge in [0.05, 0.1) is 12.7 Å². The van der Waals surface area contributed by atoms with E-state index in [1.165, 1.54) is 31.1 Å². The number of rotatable bonds is 4. The highest BCUT2D eigenvalue weighted by Gasteiger charge is 2.51. The quantitative estimate of drug-likeness (QED) is 0.419. The molecule has 146 valence electrons. The largest absolute Gasteiger partial charge is 0.485 e. The van der Waals surface area contributed by atoms with Crippen molar-refractivity contribution < 1.29 is 19.1 Å². The molecule has 0 bridgehead atoms. The number of ether oxygens (including phenoxy) is 2. The molecule has 0 radical (unpaired) electrons. The van der Waals surface area contributed by atoms with E-state index in [0.29, 0.717) is 17.7 Å². The van der Waals surface area contributed by atoms with E-state index in [1.54, 1.807) is 18.2 Å². The Balaban J connectivity index is 1.94. The molecule has 0 saturated heterocycles. The molecule has 0 aromatic heterocycles.